The molecule has 1 aromatic carbocycles. The molecule has 132 valence electrons. The fourth-order valence-corrected chi connectivity index (χ4v) is 2.21. The van der Waals surface area contributed by atoms with Crippen molar-refractivity contribution in [3.05, 3.63) is 47.4 Å². The molecule has 0 unspecified atom stereocenters. The summed E-state index contributed by atoms with van der Waals surface area (Å²) in [5.74, 6) is 0.456. The summed E-state index contributed by atoms with van der Waals surface area (Å²) in [7, 11) is 1.54. The summed E-state index contributed by atoms with van der Waals surface area (Å²) in [5, 5.41) is 6.73. The standard InChI is InChI=1S/C18H21N3O4/c1-11-5-6-16(24-4)15(9-11)19-17(22)10-12(2)20-21-18(23)14-7-8-25-13(14)3/h5-9H,10H2,1-4H3,(H,19,22)(H,21,23). The Kier molecular flexibility index (Phi) is 5.94. The highest BCUT2D eigenvalue weighted by Gasteiger charge is 2.12. The number of anilines is 1. The second-order valence-electron chi connectivity index (χ2n) is 5.61. The molecular weight excluding hydrogens is 322 g/mol. The molecule has 0 aliphatic rings. The average molecular weight is 343 g/mol. The van der Waals surface area contributed by atoms with Crippen molar-refractivity contribution in [1.82, 2.24) is 5.43 Å². The van der Waals surface area contributed by atoms with E-state index in [2.05, 4.69) is 15.8 Å². The van der Waals surface area contributed by atoms with Crippen LogP contribution >= 0.6 is 0 Å². The lowest BCUT2D eigenvalue weighted by molar-refractivity contribution is -0.115. The van der Waals surface area contributed by atoms with Crippen molar-refractivity contribution in [3.63, 3.8) is 0 Å². The van der Waals surface area contributed by atoms with Crippen molar-refractivity contribution in [1.29, 1.82) is 0 Å². The van der Waals surface area contributed by atoms with Crippen LogP contribution in [0.4, 0.5) is 5.69 Å². The van der Waals surface area contributed by atoms with Crippen LogP contribution in [-0.4, -0.2) is 24.6 Å². The third-order valence-electron chi connectivity index (χ3n) is 3.50. The molecule has 0 fully saturated rings. The van der Waals surface area contributed by atoms with Crippen LogP contribution in [0.2, 0.25) is 0 Å². The van der Waals surface area contributed by atoms with Crippen LogP contribution in [0.25, 0.3) is 0 Å². The van der Waals surface area contributed by atoms with Crippen LogP contribution in [0, 0.1) is 13.8 Å². The number of nitrogens with zero attached hydrogens (tertiary/aromatic N) is 1. The lowest BCUT2D eigenvalue weighted by atomic mass is 10.2. The number of ether oxygens (including phenoxy) is 1. The summed E-state index contributed by atoms with van der Waals surface area (Å²) >= 11 is 0. The van der Waals surface area contributed by atoms with Crippen LogP contribution in [0.3, 0.4) is 0 Å². The predicted octanol–water partition coefficient (Wildman–Crippen LogP) is 3.04. The second kappa shape index (κ2) is 8.14. The Morgan fingerprint density at radius 1 is 1.24 bits per heavy atom. The van der Waals surface area contributed by atoms with Crippen molar-refractivity contribution < 1.29 is 18.7 Å². The van der Waals surface area contributed by atoms with Gasteiger partial charge in [0.25, 0.3) is 5.91 Å². The lowest BCUT2D eigenvalue weighted by Crippen LogP contribution is -2.21. The maximum Gasteiger partial charge on any atom is 0.274 e. The summed E-state index contributed by atoms with van der Waals surface area (Å²) < 4.78 is 10.3. The van der Waals surface area contributed by atoms with E-state index < -0.39 is 0 Å². The van der Waals surface area contributed by atoms with Gasteiger partial charge in [0.1, 0.15) is 11.5 Å². The number of benzene rings is 1. The van der Waals surface area contributed by atoms with Crippen molar-refractivity contribution in [2.75, 3.05) is 12.4 Å². The van der Waals surface area contributed by atoms with Crippen LogP contribution < -0.4 is 15.5 Å². The molecule has 1 aromatic heterocycles. The number of rotatable bonds is 6. The van der Waals surface area contributed by atoms with Gasteiger partial charge in [0.15, 0.2) is 0 Å². The molecule has 7 nitrogen and oxygen atoms in total. The molecule has 0 atom stereocenters. The molecule has 0 aliphatic heterocycles. The first-order valence-electron chi connectivity index (χ1n) is 7.72. The summed E-state index contributed by atoms with van der Waals surface area (Å²) in [6, 6.07) is 7.08. The van der Waals surface area contributed by atoms with Gasteiger partial charge in [-0.15, -0.1) is 0 Å². The van der Waals surface area contributed by atoms with Crippen molar-refractivity contribution >= 4 is 23.2 Å². The molecule has 25 heavy (non-hydrogen) atoms. The molecular formula is C18H21N3O4. The molecule has 2 aromatic rings. The van der Waals surface area contributed by atoms with Gasteiger partial charge in [0.2, 0.25) is 5.91 Å². The fourth-order valence-electron chi connectivity index (χ4n) is 2.21. The zero-order chi connectivity index (χ0) is 18.4. The monoisotopic (exact) mass is 343 g/mol. The Balaban J connectivity index is 1.95. The number of hydrogen-bond acceptors (Lipinski definition) is 5. The maximum absolute atomic E-state index is 12.2. The Hall–Kier alpha value is -3.09. The van der Waals surface area contributed by atoms with Crippen LogP contribution in [0.5, 0.6) is 5.75 Å². The Bertz CT molecular complexity index is 808. The molecule has 0 saturated heterocycles. The first-order valence-corrected chi connectivity index (χ1v) is 7.72. The molecule has 2 rings (SSSR count). The van der Waals surface area contributed by atoms with Crippen molar-refractivity contribution in [2.45, 2.75) is 27.2 Å². The van der Waals surface area contributed by atoms with Crippen molar-refractivity contribution in [3.8, 4) is 5.75 Å². The highest BCUT2D eigenvalue weighted by atomic mass is 16.5. The molecule has 0 bridgehead atoms. The van der Waals surface area contributed by atoms with E-state index in [4.69, 9.17) is 9.15 Å². The number of hydrazone groups is 1. The second-order valence-corrected chi connectivity index (χ2v) is 5.61. The van der Waals surface area contributed by atoms with Gasteiger partial charge >= 0.3 is 0 Å². The molecule has 7 heteroatoms. The molecule has 0 aliphatic carbocycles. The van der Waals surface area contributed by atoms with Gasteiger partial charge in [0, 0.05) is 5.71 Å². The minimum Gasteiger partial charge on any atom is -0.495 e. The quantitative estimate of drug-likeness (QED) is 0.623. The minimum atomic E-state index is -0.383. The average Bonchev–Trinajstić information content (AvgIpc) is 2.99. The van der Waals surface area contributed by atoms with E-state index >= 15 is 0 Å². The molecule has 0 saturated carbocycles. The number of methoxy groups -OCH3 is 1. The summed E-state index contributed by atoms with van der Waals surface area (Å²) in [5.41, 5.74) is 4.89. The SMILES string of the molecule is COc1ccc(C)cc1NC(=O)CC(C)=NNC(=O)c1ccoc1C. The van der Waals surface area contributed by atoms with Gasteiger partial charge in [-0.25, -0.2) is 5.43 Å². The largest absolute Gasteiger partial charge is 0.495 e. The number of hydrogen-bond donors (Lipinski definition) is 2. The Morgan fingerprint density at radius 3 is 2.64 bits per heavy atom. The van der Waals surface area contributed by atoms with E-state index in [1.165, 1.54) is 6.26 Å². The number of amides is 2. The number of aryl methyl sites for hydroxylation is 2. The Labute approximate surface area is 146 Å². The van der Waals surface area contributed by atoms with Gasteiger partial charge in [-0.2, -0.15) is 5.10 Å². The lowest BCUT2D eigenvalue weighted by Gasteiger charge is -2.11. The zero-order valence-electron chi connectivity index (χ0n) is 14.7. The molecule has 0 radical (unpaired) electrons. The highest BCUT2D eigenvalue weighted by molar-refractivity contribution is 6.06. The van der Waals surface area contributed by atoms with E-state index in [-0.39, 0.29) is 18.2 Å². The molecule has 0 spiro atoms. The van der Waals surface area contributed by atoms with Gasteiger partial charge < -0.3 is 14.5 Å². The van der Waals surface area contributed by atoms with Gasteiger partial charge in [-0.3, -0.25) is 9.59 Å². The molecule has 1 heterocycles. The fraction of sp³-hybridized carbons (Fsp3) is 0.278. The third kappa shape index (κ3) is 4.94. The number of nitrogens with one attached hydrogen (secondary N) is 2. The minimum absolute atomic E-state index is 0.0434. The van der Waals surface area contributed by atoms with E-state index in [0.29, 0.717) is 28.5 Å². The van der Waals surface area contributed by atoms with E-state index in [9.17, 15) is 9.59 Å². The number of carbonyl (C=O) groups excluding carboxylic acids is 2. The van der Waals surface area contributed by atoms with Crippen LogP contribution in [-0.2, 0) is 4.79 Å². The normalized spacial score (nSPS) is 11.1. The van der Waals surface area contributed by atoms with E-state index in [1.807, 2.05) is 19.1 Å². The van der Waals surface area contributed by atoms with Crippen LogP contribution in [0.15, 0.2) is 40.0 Å². The topological polar surface area (TPSA) is 92.9 Å². The number of furan rings is 1. The van der Waals surface area contributed by atoms with Crippen molar-refractivity contribution in [2.24, 2.45) is 5.10 Å². The predicted molar refractivity (Wildman–Crippen MR) is 95.0 cm³/mol. The number of carbonyl (C=O) groups is 2. The summed E-state index contributed by atoms with van der Waals surface area (Å²) in [6.07, 6.45) is 1.48. The van der Waals surface area contributed by atoms with E-state index in [1.54, 1.807) is 33.1 Å². The van der Waals surface area contributed by atoms with E-state index in [0.717, 1.165) is 5.56 Å². The third-order valence-corrected chi connectivity index (χ3v) is 3.50. The summed E-state index contributed by atoms with van der Waals surface area (Å²) in [6.45, 7) is 5.28. The highest BCUT2D eigenvalue weighted by Crippen LogP contribution is 2.25. The van der Waals surface area contributed by atoms with Crippen LogP contribution in [0.1, 0.15) is 35.0 Å². The molecule has 2 N–H and O–H groups in total. The zero-order valence-corrected chi connectivity index (χ0v) is 14.7. The van der Waals surface area contributed by atoms with Gasteiger partial charge in [-0.1, -0.05) is 6.07 Å². The maximum atomic E-state index is 12.2. The first kappa shape index (κ1) is 18.3. The molecule has 2 amide bonds. The Morgan fingerprint density at radius 2 is 2.00 bits per heavy atom. The van der Waals surface area contributed by atoms with Gasteiger partial charge in [-0.05, 0) is 44.5 Å². The smallest absolute Gasteiger partial charge is 0.274 e. The summed E-state index contributed by atoms with van der Waals surface area (Å²) in [4.78, 5) is 24.1. The first-order chi connectivity index (χ1) is 11.9. The van der Waals surface area contributed by atoms with Gasteiger partial charge in [0.05, 0.1) is 31.0 Å².